The first-order chi connectivity index (χ1) is 26.7. The average Bonchev–Trinajstić information content (AvgIpc) is 3.18. The zero-order valence-electron chi connectivity index (χ0n) is 36.2. The molecule has 0 rings (SSSR count). The average molecular weight is 756 g/mol. The highest BCUT2D eigenvalue weighted by Gasteiger charge is 2.17. The Balaban J connectivity index is 3.54. The third-order valence-corrected chi connectivity index (χ3v) is 10.8. The van der Waals surface area contributed by atoms with Gasteiger partial charge in [-0.1, -0.05) is 223 Å². The molecule has 2 atom stereocenters. The monoisotopic (exact) mass is 756 g/mol. The lowest BCUT2D eigenvalue weighted by Crippen LogP contribution is -2.45. The number of amides is 1. The molecule has 4 heteroatoms. The molecule has 0 aliphatic carbocycles. The normalized spacial score (nSPS) is 13.3. The molecule has 0 aromatic heterocycles. The maximum absolute atomic E-state index is 12.3. The lowest BCUT2D eigenvalue weighted by atomic mass is 10.0. The molecular formula is C50H93NO3. The van der Waals surface area contributed by atoms with Crippen molar-refractivity contribution in [2.45, 2.75) is 257 Å². The highest BCUT2D eigenvalue weighted by atomic mass is 16.3. The molecular weight excluding hydrogens is 663 g/mol. The zero-order chi connectivity index (χ0) is 39.3. The molecule has 0 radical (unpaired) electrons. The number of aliphatic hydroxyl groups is 2. The van der Waals surface area contributed by atoms with Gasteiger partial charge in [0, 0.05) is 6.42 Å². The van der Waals surface area contributed by atoms with E-state index in [9.17, 15) is 15.0 Å². The smallest absolute Gasteiger partial charge is 0.220 e. The topological polar surface area (TPSA) is 69.6 Å². The SMILES string of the molecule is CCCC/C=C\CCCCCCCC(=O)NC(CO)C(O)/C=C/CC/C=C/CC/C=C/CCCCCCCCCCCCCCCCCCCCCCC. The Hall–Kier alpha value is -1.65. The summed E-state index contributed by atoms with van der Waals surface area (Å²) in [6, 6.07) is -0.649. The van der Waals surface area contributed by atoms with Crippen LogP contribution in [0, 0.1) is 0 Å². The third-order valence-electron chi connectivity index (χ3n) is 10.8. The molecule has 2 unspecified atom stereocenters. The van der Waals surface area contributed by atoms with Gasteiger partial charge in [-0.2, -0.15) is 0 Å². The molecule has 0 aromatic carbocycles. The molecule has 4 nitrogen and oxygen atoms in total. The van der Waals surface area contributed by atoms with Crippen LogP contribution in [0.1, 0.15) is 245 Å². The van der Waals surface area contributed by atoms with Gasteiger partial charge in [0.15, 0.2) is 0 Å². The van der Waals surface area contributed by atoms with Crippen molar-refractivity contribution in [3.05, 3.63) is 48.6 Å². The van der Waals surface area contributed by atoms with Crippen LogP contribution in [0.3, 0.4) is 0 Å². The van der Waals surface area contributed by atoms with Crippen LogP contribution in [-0.4, -0.2) is 34.9 Å². The summed E-state index contributed by atoms with van der Waals surface area (Å²) in [7, 11) is 0. The van der Waals surface area contributed by atoms with Crippen molar-refractivity contribution in [1.29, 1.82) is 0 Å². The first-order valence-electron chi connectivity index (χ1n) is 23.9. The molecule has 0 aliphatic rings. The Labute approximate surface area is 337 Å². The summed E-state index contributed by atoms with van der Waals surface area (Å²) in [5.41, 5.74) is 0. The number of allylic oxidation sites excluding steroid dienone is 7. The summed E-state index contributed by atoms with van der Waals surface area (Å²) in [6.45, 7) is 4.25. The molecule has 316 valence electrons. The number of rotatable bonds is 43. The second-order valence-electron chi connectivity index (χ2n) is 16.2. The molecule has 0 saturated heterocycles. The fourth-order valence-corrected chi connectivity index (χ4v) is 7.07. The van der Waals surface area contributed by atoms with Crippen molar-refractivity contribution in [1.82, 2.24) is 5.32 Å². The Bertz CT molecular complexity index is 862. The maximum Gasteiger partial charge on any atom is 0.220 e. The Morgan fingerprint density at radius 3 is 1.13 bits per heavy atom. The van der Waals surface area contributed by atoms with Gasteiger partial charge in [0.05, 0.1) is 18.8 Å². The maximum atomic E-state index is 12.3. The third kappa shape index (κ3) is 41.5. The summed E-state index contributed by atoms with van der Waals surface area (Å²) in [5, 5.41) is 22.9. The van der Waals surface area contributed by atoms with E-state index in [4.69, 9.17) is 0 Å². The van der Waals surface area contributed by atoms with Crippen molar-refractivity contribution < 1.29 is 15.0 Å². The summed E-state index contributed by atoms with van der Waals surface area (Å²) < 4.78 is 0. The van der Waals surface area contributed by atoms with Gasteiger partial charge in [0.25, 0.3) is 0 Å². The van der Waals surface area contributed by atoms with E-state index in [1.807, 2.05) is 6.08 Å². The van der Waals surface area contributed by atoms with Crippen molar-refractivity contribution in [2.75, 3.05) is 6.61 Å². The lowest BCUT2D eigenvalue weighted by Gasteiger charge is -2.19. The van der Waals surface area contributed by atoms with Gasteiger partial charge < -0.3 is 15.5 Å². The predicted molar refractivity (Wildman–Crippen MR) is 239 cm³/mol. The first-order valence-corrected chi connectivity index (χ1v) is 23.9. The van der Waals surface area contributed by atoms with E-state index in [0.29, 0.717) is 6.42 Å². The summed E-state index contributed by atoms with van der Waals surface area (Å²) in [4.78, 5) is 12.3. The zero-order valence-corrected chi connectivity index (χ0v) is 36.2. The van der Waals surface area contributed by atoms with Crippen molar-refractivity contribution in [3.63, 3.8) is 0 Å². The molecule has 1 amide bonds. The molecule has 0 heterocycles. The lowest BCUT2D eigenvalue weighted by molar-refractivity contribution is -0.123. The standard InChI is InChI=1S/C50H93NO3/c1-3-5-7-9-11-13-15-16-17-18-19-20-21-22-23-24-25-26-27-28-29-30-31-32-33-34-36-37-39-41-43-45-49(53)48(47-52)51-50(54)46-44-42-40-38-35-14-12-10-8-6-4-2/h10,12,31-32,36-37,43,45,48-49,52-53H,3-9,11,13-30,33-35,38-42,44,46-47H2,1-2H3,(H,51,54)/b12-10-,32-31+,37-36+,45-43+. The molecule has 0 spiro atoms. The van der Waals surface area contributed by atoms with Crippen LogP contribution in [0.5, 0.6) is 0 Å². The van der Waals surface area contributed by atoms with E-state index >= 15 is 0 Å². The van der Waals surface area contributed by atoms with E-state index in [2.05, 4.69) is 55.6 Å². The minimum Gasteiger partial charge on any atom is -0.394 e. The van der Waals surface area contributed by atoms with Gasteiger partial charge >= 0.3 is 0 Å². The van der Waals surface area contributed by atoms with Crippen molar-refractivity contribution >= 4 is 5.91 Å². The summed E-state index contributed by atoms with van der Waals surface area (Å²) in [5.74, 6) is -0.0896. The van der Waals surface area contributed by atoms with Crippen LogP contribution < -0.4 is 5.32 Å². The second-order valence-corrected chi connectivity index (χ2v) is 16.2. The molecule has 0 aromatic rings. The van der Waals surface area contributed by atoms with Crippen LogP contribution in [0.4, 0.5) is 0 Å². The van der Waals surface area contributed by atoms with E-state index in [0.717, 1.165) is 51.4 Å². The van der Waals surface area contributed by atoms with E-state index in [-0.39, 0.29) is 12.5 Å². The Morgan fingerprint density at radius 1 is 0.426 bits per heavy atom. The van der Waals surface area contributed by atoms with E-state index in [1.165, 1.54) is 173 Å². The Morgan fingerprint density at radius 2 is 0.741 bits per heavy atom. The van der Waals surface area contributed by atoms with Crippen molar-refractivity contribution in [2.24, 2.45) is 0 Å². The molecule has 54 heavy (non-hydrogen) atoms. The van der Waals surface area contributed by atoms with Crippen molar-refractivity contribution in [3.8, 4) is 0 Å². The van der Waals surface area contributed by atoms with E-state index < -0.39 is 12.1 Å². The molecule has 3 N–H and O–H groups in total. The first kappa shape index (κ1) is 52.3. The number of nitrogens with one attached hydrogen (secondary N) is 1. The number of unbranched alkanes of at least 4 members (excludes halogenated alkanes) is 30. The molecule has 0 aliphatic heterocycles. The van der Waals surface area contributed by atoms with Gasteiger partial charge in [-0.3, -0.25) is 4.79 Å². The number of hydrogen-bond acceptors (Lipinski definition) is 3. The van der Waals surface area contributed by atoms with E-state index in [1.54, 1.807) is 6.08 Å². The number of aliphatic hydroxyl groups excluding tert-OH is 2. The highest BCUT2D eigenvalue weighted by Crippen LogP contribution is 2.16. The molecule has 0 bridgehead atoms. The number of carbonyl (C=O) groups excluding carboxylic acids is 1. The van der Waals surface area contributed by atoms with Crippen LogP contribution >= 0.6 is 0 Å². The van der Waals surface area contributed by atoms with Crippen LogP contribution in [0.2, 0.25) is 0 Å². The Kier molecular flexibility index (Phi) is 44.3. The fourth-order valence-electron chi connectivity index (χ4n) is 7.07. The highest BCUT2D eigenvalue weighted by molar-refractivity contribution is 5.76. The van der Waals surface area contributed by atoms with Gasteiger partial charge in [0.2, 0.25) is 5.91 Å². The fraction of sp³-hybridized carbons (Fsp3) is 0.820. The second kappa shape index (κ2) is 45.7. The van der Waals surface area contributed by atoms with Gasteiger partial charge in [-0.05, 0) is 64.2 Å². The minimum atomic E-state index is -0.873. The quantitative estimate of drug-likeness (QED) is 0.0429. The van der Waals surface area contributed by atoms with Crippen LogP contribution in [0.25, 0.3) is 0 Å². The number of carbonyl (C=O) groups is 1. The number of hydrogen-bond donors (Lipinski definition) is 3. The predicted octanol–water partition coefficient (Wildman–Crippen LogP) is 15.1. The van der Waals surface area contributed by atoms with Gasteiger partial charge in [-0.15, -0.1) is 0 Å². The summed E-state index contributed by atoms with van der Waals surface area (Å²) >= 11 is 0. The van der Waals surface area contributed by atoms with Crippen LogP contribution in [0.15, 0.2) is 48.6 Å². The van der Waals surface area contributed by atoms with Gasteiger partial charge in [0.1, 0.15) is 0 Å². The van der Waals surface area contributed by atoms with Crippen LogP contribution in [-0.2, 0) is 4.79 Å². The largest absolute Gasteiger partial charge is 0.394 e. The molecule has 0 saturated carbocycles. The summed E-state index contributed by atoms with van der Waals surface area (Å²) in [6.07, 6.45) is 62.6. The minimum absolute atomic E-state index is 0.0896. The molecule has 0 fully saturated rings. The van der Waals surface area contributed by atoms with Gasteiger partial charge in [-0.25, -0.2) is 0 Å².